The molecule has 6 nitrogen and oxygen atoms in total. The second kappa shape index (κ2) is 6.26. The number of nitrogens with one attached hydrogen (secondary N) is 2. The molecule has 1 heterocycles. The predicted octanol–water partition coefficient (Wildman–Crippen LogP) is 1.14. The summed E-state index contributed by atoms with van der Waals surface area (Å²) in [5.74, 6) is 1.24. The van der Waals surface area contributed by atoms with Gasteiger partial charge in [0.15, 0.2) is 5.82 Å². The average molecular weight is 264 g/mol. The number of carbonyl (C=O) groups excluding carboxylic acids is 1. The molecule has 0 saturated heterocycles. The molecule has 1 fully saturated rings. The van der Waals surface area contributed by atoms with Crippen molar-refractivity contribution in [3.05, 3.63) is 12.1 Å². The summed E-state index contributed by atoms with van der Waals surface area (Å²) in [6, 6.07) is 3.88. The van der Waals surface area contributed by atoms with Crippen molar-refractivity contribution in [1.82, 2.24) is 10.3 Å². The summed E-state index contributed by atoms with van der Waals surface area (Å²) in [5, 5.41) is 6.07. The van der Waals surface area contributed by atoms with Crippen molar-refractivity contribution in [3.63, 3.8) is 0 Å². The average Bonchev–Trinajstić information content (AvgIpc) is 3.20. The van der Waals surface area contributed by atoms with Gasteiger partial charge in [0.2, 0.25) is 11.8 Å². The zero-order valence-corrected chi connectivity index (χ0v) is 11.1. The van der Waals surface area contributed by atoms with Gasteiger partial charge in [0, 0.05) is 25.1 Å². The van der Waals surface area contributed by atoms with Crippen molar-refractivity contribution in [2.45, 2.75) is 31.7 Å². The maximum atomic E-state index is 11.5. The van der Waals surface area contributed by atoms with Crippen molar-refractivity contribution in [3.8, 4) is 5.88 Å². The van der Waals surface area contributed by atoms with Crippen LogP contribution in [0.4, 0.5) is 11.5 Å². The molecule has 0 unspecified atom stereocenters. The Balaban J connectivity index is 1.70. The number of carbonyl (C=O) groups is 1. The smallest absolute Gasteiger partial charge is 0.220 e. The van der Waals surface area contributed by atoms with E-state index < -0.39 is 0 Å². The van der Waals surface area contributed by atoms with Gasteiger partial charge in [-0.15, -0.1) is 0 Å². The number of nitrogens with zero attached hydrogens (tertiary/aromatic N) is 1. The number of anilines is 2. The first-order valence-electron chi connectivity index (χ1n) is 6.53. The van der Waals surface area contributed by atoms with Gasteiger partial charge >= 0.3 is 0 Å². The largest absolute Gasteiger partial charge is 0.481 e. The minimum absolute atomic E-state index is 0.121. The zero-order valence-electron chi connectivity index (χ0n) is 11.1. The molecule has 1 aliphatic rings. The minimum Gasteiger partial charge on any atom is -0.481 e. The Morgan fingerprint density at radius 3 is 3.00 bits per heavy atom. The first kappa shape index (κ1) is 13.5. The number of nitrogen functional groups attached to an aromatic ring is 1. The molecule has 0 aliphatic heterocycles. The molecule has 1 aliphatic carbocycles. The molecular weight excluding hydrogens is 244 g/mol. The van der Waals surface area contributed by atoms with E-state index in [2.05, 4.69) is 15.6 Å². The van der Waals surface area contributed by atoms with Crippen LogP contribution >= 0.6 is 0 Å². The first-order valence-corrected chi connectivity index (χ1v) is 6.53. The number of aromatic nitrogens is 1. The highest BCUT2D eigenvalue weighted by Gasteiger charge is 2.22. The van der Waals surface area contributed by atoms with Crippen LogP contribution in [0.25, 0.3) is 0 Å². The summed E-state index contributed by atoms with van der Waals surface area (Å²) in [7, 11) is 1.56. The molecule has 1 aromatic rings. The fraction of sp³-hybridized carbons (Fsp3) is 0.538. The number of hydrogen-bond acceptors (Lipinski definition) is 5. The molecule has 1 saturated carbocycles. The Morgan fingerprint density at radius 2 is 2.32 bits per heavy atom. The number of ether oxygens (including phenoxy) is 1. The normalized spacial score (nSPS) is 13.9. The quantitative estimate of drug-likeness (QED) is 0.643. The summed E-state index contributed by atoms with van der Waals surface area (Å²) >= 11 is 0. The molecule has 19 heavy (non-hydrogen) atoms. The Kier molecular flexibility index (Phi) is 4.43. The molecule has 1 aromatic heterocycles. The number of hydrogen-bond donors (Lipinski definition) is 3. The Hall–Kier alpha value is -1.98. The van der Waals surface area contributed by atoms with Crippen molar-refractivity contribution in [2.24, 2.45) is 0 Å². The lowest BCUT2D eigenvalue weighted by atomic mass is 10.3. The van der Waals surface area contributed by atoms with E-state index in [0.29, 0.717) is 36.4 Å². The monoisotopic (exact) mass is 264 g/mol. The SMILES string of the molecule is COc1ccc(N)c(NCCCC(=O)NC2CC2)n1. The molecule has 6 heteroatoms. The van der Waals surface area contributed by atoms with Crippen LogP contribution in [0.15, 0.2) is 12.1 Å². The van der Waals surface area contributed by atoms with E-state index in [4.69, 9.17) is 10.5 Å². The second-order valence-corrected chi connectivity index (χ2v) is 4.66. The van der Waals surface area contributed by atoms with Crippen molar-refractivity contribution < 1.29 is 9.53 Å². The van der Waals surface area contributed by atoms with Gasteiger partial charge in [0.25, 0.3) is 0 Å². The lowest BCUT2D eigenvalue weighted by Crippen LogP contribution is -2.25. The van der Waals surface area contributed by atoms with E-state index in [-0.39, 0.29) is 5.91 Å². The highest BCUT2D eigenvalue weighted by Crippen LogP contribution is 2.20. The molecule has 0 atom stereocenters. The van der Waals surface area contributed by atoms with Crippen LogP contribution < -0.4 is 21.1 Å². The molecule has 1 amide bonds. The van der Waals surface area contributed by atoms with Gasteiger partial charge in [-0.1, -0.05) is 0 Å². The third-order valence-electron chi connectivity index (χ3n) is 2.93. The zero-order chi connectivity index (χ0) is 13.7. The molecule has 2 rings (SSSR count). The van der Waals surface area contributed by atoms with Gasteiger partial charge in [-0.25, -0.2) is 0 Å². The molecular formula is C13H20N4O2. The Bertz CT molecular complexity index is 446. The summed E-state index contributed by atoms with van der Waals surface area (Å²) < 4.78 is 5.03. The van der Waals surface area contributed by atoms with E-state index in [1.165, 1.54) is 0 Å². The van der Waals surface area contributed by atoms with E-state index >= 15 is 0 Å². The maximum Gasteiger partial charge on any atom is 0.220 e. The number of nitrogens with two attached hydrogens (primary N) is 1. The number of pyridine rings is 1. The fourth-order valence-electron chi connectivity index (χ4n) is 1.69. The van der Waals surface area contributed by atoms with Crippen molar-refractivity contribution in [1.29, 1.82) is 0 Å². The maximum absolute atomic E-state index is 11.5. The molecule has 0 aromatic carbocycles. The first-order chi connectivity index (χ1) is 9.19. The van der Waals surface area contributed by atoms with Crippen molar-refractivity contribution in [2.75, 3.05) is 24.7 Å². The molecule has 0 spiro atoms. The van der Waals surface area contributed by atoms with E-state index in [1.807, 2.05) is 0 Å². The van der Waals surface area contributed by atoms with Gasteiger partial charge in [-0.2, -0.15) is 4.98 Å². The van der Waals surface area contributed by atoms with Gasteiger partial charge in [-0.05, 0) is 25.3 Å². The van der Waals surface area contributed by atoms with E-state index in [0.717, 1.165) is 19.3 Å². The van der Waals surface area contributed by atoms with Crippen molar-refractivity contribution >= 4 is 17.4 Å². The Morgan fingerprint density at radius 1 is 1.53 bits per heavy atom. The number of methoxy groups -OCH3 is 1. The van der Waals surface area contributed by atoms with Gasteiger partial charge in [-0.3, -0.25) is 4.79 Å². The molecule has 4 N–H and O–H groups in total. The van der Waals surface area contributed by atoms with Gasteiger partial charge in [0.1, 0.15) is 0 Å². The van der Waals surface area contributed by atoms with E-state index in [1.54, 1.807) is 19.2 Å². The number of rotatable bonds is 7. The van der Waals surface area contributed by atoms with Crippen LogP contribution in [-0.2, 0) is 4.79 Å². The fourth-order valence-corrected chi connectivity index (χ4v) is 1.69. The summed E-state index contributed by atoms with van der Waals surface area (Å²) in [6.07, 6.45) is 3.51. The van der Waals surface area contributed by atoms with Crippen LogP contribution in [0.3, 0.4) is 0 Å². The standard InChI is InChI=1S/C13H20N4O2/c1-19-12-7-6-10(14)13(17-12)15-8-2-3-11(18)16-9-4-5-9/h6-7,9H,2-5,8,14H2,1H3,(H,15,17)(H,16,18). The minimum atomic E-state index is 0.121. The highest BCUT2D eigenvalue weighted by atomic mass is 16.5. The lowest BCUT2D eigenvalue weighted by molar-refractivity contribution is -0.121. The van der Waals surface area contributed by atoms with Crippen LogP contribution in [-0.4, -0.2) is 30.6 Å². The lowest BCUT2D eigenvalue weighted by Gasteiger charge is -2.09. The Labute approximate surface area is 112 Å². The highest BCUT2D eigenvalue weighted by molar-refractivity contribution is 5.76. The van der Waals surface area contributed by atoms with Crippen LogP contribution in [0, 0.1) is 0 Å². The third-order valence-corrected chi connectivity index (χ3v) is 2.93. The van der Waals surface area contributed by atoms with Gasteiger partial charge in [0.05, 0.1) is 12.8 Å². The van der Waals surface area contributed by atoms with E-state index in [9.17, 15) is 4.79 Å². The number of amides is 1. The third kappa shape index (κ3) is 4.31. The second-order valence-electron chi connectivity index (χ2n) is 4.66. The van der Waals surface area contributed by atoms with Crippen LogP contribution in [0.5, 0.6) is 5.88 Å². The topological polar surface area (TPSA) is 89.3 Å². The summed E-state index contributed by atoms with van der Waals surface area (Å²) in [5.41, 5.74) is 6.37. The summed E-state index contributed by atoms with van der Waals surface area (Å²) in [4.78, 5) is 15.7. The molecule has 0 bridgehead atoms. The molecule has 104 valence electrons. The van der Waals surface area contributed by atoms with Crippen LogP contribution in [0.1, 0.15) is 25.7 Å². The van der Waals surface area contributed by atoms with Gasteiger partial charge < -0.3 is 21.1 Å². The van der Waals surface area contributed by atoms with Crippen LogP contribution in [0.2, 0.25) is 0 Å². The predicted molar refractivity (Wildman–Crippen MR) is 74.1 cm³/mol. The molecule has 0 radical (unpaired) electrons. The summed E-state index contributed by atoms with van der Waals surface area (Å²) in [6.45, 7) is 0.655.